The molecule has 1 unspecified atom stereocenters. The van der Waals surface area contributed by atoms with Crippen molar-refractivity contribution in [2.45, 2.75) is 18.9 Å². The van der Waals surface area contributed by atoms with Gasteiger partial charge in [-0.2, -0.15) is 0 Å². The van der Waals surface area contributed by atoms with Crippen LogP contribution in [0.3, 0.4) is 0 Å². The summed E-state index contributed by atoms with van der Waals surface area (Å²) in [6.07, 6.45) is 6.14. The first-order valence-corrected chi connectivity index (χ1v) is 9.54. The van der Waals surface area contributed by atoms with Crippen molar-refractivity contribution in [1.29, 1.82) is 0 Å². The first kappa shape index (κ1) is 15.2. The number of hydrogen-bond donors (Lipinski definition) is 1. The molecule has 0 spiro atoms. The molecule has 1 atom stereocenters. The summed E-state index contributed by atoms with van der Waals surface area (Å²) in [5, 5.41) is 3.41. The lowest BCUT2D eigenvalue weighted by atomic mass is 10.1. The van der Waals surface area contributed by atoms with E-state index in [9.17, 15) is 8.42 Å². The van der Waals surface area contributed by atoms with Crippen LogP contribution >= 0.6 is 0 Å². The zero-order chi connectivity index (χ0) is 15.4. The van der Waals surface area contributed by atoms with Gasteiger partial charge in [0.25, 0.3) is 0 Å². The van der Waals surface area contributed by atoms with Gasteiger partial charge in [-0.25, -0.2) is 8.42 Å². The number of benzene rings is 1. The Kier molecular flexibility index (Phi) is 4.57. The van der Waals surface area contributed by atoms with Crippen LogP contribution in [0.5, 0.6) is 0 Å². The molecule has 2 aliphatic heterocycles. The average molecular weight is 322 g/mol. The van der Waals surface area contributed by atoms with E-state index in [-0.39, 0.29) is 17.6 Å². The number of nitrogens with one attached hydrogen (secondary N) is 1. The van der Waals surface area contributed by atoms with Gasteiger partial charge in [0.1, 0.15) is 6.10 Å². The molecular formula is C16H22N2O3S. The van der Waals surface area contributed by atoms with Crippen LogP contribution in [0.15, 0.2) is 36.6 Å². The third kappa shape index (κ3) is 3.94. The Morgan fingerprint density at radius 3 is 2.82 bits per heavy atom. The summed E-state index contributed by atoms with van der Waals surface area (Å²) in [6.45, 7) is 1.92. The molecule has 2 heterocycles. The van der Waals surface area contributed by atoms with Gasteiger partial charge < -0.3 is 15.0 Å². The van der Waals surface area contributed by atoms with E-state index in [2.05, 4.69) is 16.3 Å². The molecule has 2 aliphatic rings. The van der Waals surface area contributed by atoms with Crippen molar-refractivity contribution in [3.63, 3.8) is 0 Å². The molecule has 0 aromatic heterocycles. The SMILES string of the molecule is O=S1(=O)CCN(c2cccc(NCC3CCC=CO3)c2)CC1. The number of anilines is 2. The molecule has 0 amide bonds. The fourth-order valence-electron chi connectivity index (χ4n) is 2.75. The second kappa shape index (κ2) is 6.60. The third-order valence-electron chi connectivity index (χ3n) is 4.11. The molecule has 1 aromatic carbocycles. The number of allylic oxidation sites excluding steroid dienone is 1. The minimum Gasteiger partial charge on any atom is -0.497 e. The summed E-state index contributed by atoms with van der Waals surface area (Å²) in [5.41, 5.74) is 2.12. The van der Waals surface area contributed by atoms with E-state index >= 15 is 0 Å². The Hall–Kier alpha value is -1.69. The highest BCUT2D eigenvalue weighted by atomic mass is 32.2. The van der Waals surface area contributed by atoms with E-state index in [1.165, 1.54) is 0 Å². The smallest absolute Gasteiger partial charge is 0.153 e. The predicted molar refractivity (Wildman–Crippen MR) is 89.0 cm³/mol. The first-order chi connectivity index (χ1) is 10.6. The van der Waals surface area contributed by atoms with Crippen molar-refractivity contribution in [3.8, 4) is 0 Å². The monoisotopic (exact) mass is 322 g/mol. The van der Waals surface area contributed by atoms with Crippen LogP contribution in [0.2, 0.25) is 0 Å². The quantitative estimate of drug-likeness (QED) is 0.919. The summed E-state index contributed by atoms with van der Waals surface area (Å²) in [6, 6.07) is 8.14. The van der Waals surface area contributed by atoms with Gasteiger partial charge in [0.15, 0.2) is 9.84 Å². The first-order valence-electron chi connectivity index (χ1n) is 7.72. The zero-order valence-corrected chi connectivity index (χ0v) is 13.4. The predicted octanol–water partition coefficient (Wildman–Crippen LogP) is 2.03. The molecule has 0 saturated carbocycles. The van der Waals surface area contributed by atoms with Crippen LogP contribution in [0.1, 0.15) is 12.8 Å². The molecular weight excluding hydrogens is 300 g/mol. The maximum absolute atomic E-state index is 11.5. The van der Waals surface area contributed by atoms with Gasteiger partial charge in [0.2, 0.25) is 0 Å². The van der Waals surface area contributed by atoms with E-state index in [4.69, 9.17) is 4.74 Å². The van der Waals surface area contributed by atoms with E-state index in [0.29, 0.717) is 13.1 Å². The summed E-state index contributed by atoms with van der Waals surface area (Å²) in [5.74, 6) is 0.486. The second-order valence-electron chi connectivity index (χ2n) is 5.78. The molecule has 1 saturated heterocycles. The molecule has 1 fully saturated rings. The van der Waals surface area contributed by atoms with Crippen molar-refractivity contribution in [1.82, 2.24) is 0 Å². The van der Waals surface area contributed by atoms with Gasteiger partial charge in [0, 0.05) is 24.5 Å². The largest absolute Gasteiger partial charge is 0.497 e. The number of nitrogens with zero attached hydrogens (tertiary/aromatic N) is 1. The second-order valence-corrected chi connectivity index (χ2v) is 8.08. The standard InChI is InChI=1S/C16H22N2O3S/c19-22(20)10-7-18(8-11-22)15-5-3-4-14(12-15)17-13-16-6-1-2-9-21-16/h2-5,9,12,16-17H,1,6-8,10-11,13H2. The van der Waals surface area contributed by atoms with Crippen molar-refractivity contribution >= 4 is 21.2 Å². The van der Waals surface area contributed by atoms with Gasteiger partial charge in [-0.3, -0.25) is 0 Å². The molecule has 6 heteroatoms. The van der Waals surface area contributed by atoms with Crippen LogP contribution in [-0.2, 0) is 14.6 Å². The summed E-state index contributed by atoms with van der Waals surface area (Å²) >= 11 is 0. The summed E-state index contributed by atoms with van der Waals surface area (Å²) in [4.78, 5) is 2.13. The highest BCUT2D eigenvalue weighted by Crippen LogP contribution is 2.22. The van der Waals surface area contributed by atoms with Crippen LogP contribution in [0, 0.1) is 0 Å². The fourth-order valence-corrected chi connectivity index (χ4v) is 3.95. The maximum Gasteiger partial charge on any atom is 0.153 e. The van der Waals surface area contributed by atoms with Crippen molar-refractivity contribution in [2.24, 2.45) is 0 Å². The van der Waals surface area contributed by atoms with E-state index < -0.39 is 9.84 Å². The Morgan fingerprint density at radius 2 is 2.09 bits per heavy atom. The van der Waals surface area contributed by atoms with Gasteiger partial charge in [-0.1, -0.05) is 6.07 Å². The molecule has 3 rings (SSSR count). The molecule has 5 nitrogen and oxygen atoms in total. The number of sulfone groups is 1. The lowest BCUT2D eigenvalue weighted by molar-refractivity contribution is 0.135. The number of rotatable bonds is 4. The minimum absolute atomic E-state index is 0.216. The molecule has 22 heavy (non-hydrogen) atoms. The minimum atomic E-state index is -2.84. The Bertz CT molecular complexity index is 629. The molecule has 120 valence electrons. The van der Waals surface area contributed by atoms with E-state index in [1.54, 1.807) is 6.26 Å². The normalized spacial score (nSPS) is 23.8. The van der Waals surface area contributed by atoms with Crippen molar-refractivity contribution < 1.29 is 13.2 Å². The van der Waals surface area contributed by atoms with Crippen molar-refractivity contribution in [3.05, 3.63) is 36.6 Å². The van der Waals surface area contributed by atoms with Gasteiger partial charge >= 0.3 is 0 Å². The summed E-state index contributed by atoms with van der Waals surface area (Å²) < 4.78 is 28.6. The fraction of sp³-hybridized carbons (Fsp3) is 0.500. The van der Waals surface area contributed by atoms with Crippen LogP contribution in [0.25, 0.3) is 0 Å². The van der Waals surface area contributed by atoms with Crippen LogP contribution in [-0.4, -0.2) is 45.7 Å². The highest BCUT2D eigenvalue weighted by molar-refractivity contribution is 7.91. The molecule has 0 aliphatic carbocycles. The Balaban J connectivity index is 1.59. The van der Waals surface area contributed by atoms with Crippen LogP contribution < -0.4 is 10.2 Å². The highest BCUT2D eigenvalue weighted by Gasteiger charge is 2.21. The van der Waals surface area contributed by atoms with Gasteiger partial charge in [-0.15, -0.1) is 0 Å². The lowest BCUT2D eigenvalue weighted by Crippen LogP contribution is -2.40. The average Bonchev–Trinajstić information content (AvgIpc) is 2.54. The Morgan fingerprint density at radius 1 is 1.27 bits per heavy atom. The number of hydrogen-bond acceptors (Lipinski definition) is 5. The number of ether oxygens (including phenoxy) is 1. The van der Waals surface area contributed by atoms with Crippen LogP contribution in [0.4, 0.5) is 11.4 Å². The molecule has 0 bridgehead atoms. The zero-order valence-electron chi connectivity index (χ0n) is 12.6. The lowest BCUT2D eigenvalue weighted by Gasteiger charge is -2.29. The third-order valence-corrected chi connectivity index (χ3v) is 5.72. The topological polar surface area (TPSA) is 58.6 Å². The van der Waals surface area contributed by atoms with Gasteiger partial charge in [0.05, 0.1) is 24.3 Å². The molecule has 1 aromatic rings. The van der Waals surface area contributed by atoms with Gasteiger partial charge in [-0.05, 0) is 37.1 Å². The maximum atomic E-state index is 11.5. The molecule has 0 radical (unpaired) electrons. The summed E-state index contributed by atoms with van der Waals surface area (Å²) in [7, 11) is -2.84. The Labute approximate surface area is 131 Å². The van der Waals surface area contributed by atoms with E-state index in [0.717, 1.165) is 30.8 Å². The molecule has 1 N–H and O–H groups in total. The van der Waals surface area contributed by atoms with Crippen molar-refractivity contribution in [2.75, 3.05) is 41.4 Å². The van der Waals surface area contributed by atoms with E-state index in [1.807, 2.05) is 24.3 Å².